The maximum Gasteiger partial charge on any atom is 0.237 e. The largest absolute Gasteiger partial charge is 0.463 e. The molecule has 0 aliphatic carbocycles. The van der Waals surface area contributed by atoms with E-state index in [1.54, 1.807) is 31.6 Å². The van der Waals surface area contributed by atoms with Gasteiger partial charge in [-0.1, -0.05) is 11.8 Å². The van der Waals surface area contributed by atoms with Gasteiger partial charge in [-0.15, -0.1) is 0 Å². The molecular formula is C20H16FN3O3S. The number of hydrogen-bond donors (Lipinski definition) is 2. The minimum Gasteiger partial charge on any atom is -0.463 e. The van der Waals surface area contributed by atoms with Crippen LogP contribution in [0.4, 0.5) is 10.1 Å². The van der Waals surface area contributed by atoms with Crippen LogP contribution in [0.2, 0.25) is 0 Å². The fourth-order valence-corrected chi connectivity index (χ4v) is 3.40. The average molecular weight is 397 g/mol. The molecule has 0 bridgehead atoms. The van der Waals surface area contributed by atoms with Crippen molar-refractivity contribution in [3.8, 4) is 22.9 Å². The van der Waals surface area contributed by atoms with Gasteiger partial charge < -0.3 is 19.1 Å². The molecule has 6 nitrogen and oxygen atoms in total. The van der Waals surface area contributed by atoms with Crippen LogP contribution in [0.3, 0.4) is 0 Å². The van der Waals surface area contributed by atoms with Gasteiger partial charge in [0.2, 0.25) is 5.91 Å². The van der Waals surface area contributed by atoms with Crippen molar-refractivity contribution in [1.29, 1.82) is 0 Å². The van der Waals surface area contributed by atoms with Crippen molar-refractivity contribution in [2.75, 3.05) is 5.32 Å². The van der Waals surface area contributed by atoms with Gasteiger partial charge >= 0.3 is 0 Å². The second-order valence-electron chi connectivity index (χ2n) is 5.98. The Morgan fingerprint density at radius 3 is 2.43 bits per heavy atom. The monoisotopic (exact) mass is 397 g/mol. The topological polar surface area (TPSA) is 84.1 Å². The molecule has 28 heavy (non-hydrogen) atoms. The number of anilines is 1. The maximum atomic E-state index is 13.0. The zero-order chi connectivity index (χ0) is 19.5. The van der Waals surface area contributed by atoms with E-state index < -0.39 is 5.25 Å². The third kappa shape index (κ3) is 3.86. The smallest absolute Gasteiger partial charge is 0.237 e. The third-order valence-electron chi connectivity index (χ3n) is 3.97. The van der Waals surface area contributed by atoms with E-state index >= 15 is 0 Å². The number of carbonyl (C=O) groups is 1. The van der Waals surface area contributed by atoms with Crippen LogP contribution in [0.25, 0.3) is 22.9 Å². The Morgan fingerprint density at radius 2 is 1.79 bits per heavy atom. The number of nitrogens with zero attached hydrogens (tertiary/aromatic N) is 1. The molecule has 1 aromatic carbocycles. The van der Waals surface area contributed by atoms with Crippen molar-refractivity contribution in [2.24, 2.45) is 0 Å². The summed E-state index contributed by atoms with van der Waals surface area (Å²) in [6, 6.07) is 12.8. The van der Waals surface area contributed by atoms with Crippen molar-refractivity contribution >= 4 is 23.4 Å². The molecule has 0 aliphatic rings. The number of rotatable bonds is 6. The highest BCUT2D eigenvalue weighted by atomic mass is 32.2. The maximum absolute atomic E-state index is 13.0. The Labute approximate surface area is 164 Å². The van der Waals surface area contributed by atoms with E-state index in [0.29, 0.717) is 33.8 Å². The van der Waals surface area contributed by atoms with Crippen LogP contribution in [0.5, 0.6) is 0 Å². The first-order valence-electron chi connectivity index (χ1n) is 8.51. The molecule has 3 heterocycles. The van der Waals surface area contributed by atoms with E-state index in [-0.39, 0.29) is 11.7 Å². The fraction of sp³-hybridized carbons (Fsp3) is 0.100. The number of carbonyl (C=O) groups excluding carboxylic acids is 1. The van der Waals surface area contributed by atoms with Crippen LogP contribution < -0.4 is 5.32 Å². The van der Waals surface area contributed by atoms with E-state index in [1.165, 1.54) is 36.0 Å². The van der Waals surface area contributed by atoms with Gasteiger partial charge in [0.05, 0.1) is 17.8 Å². The number of aromatic nitrogens is 2. The lowest BCUT2D eigenvalue weighted by atomic mass is 10.2. The lowest BCUT2D eigenvalue weighted by Crippen LogP contribution is -2.22. The number of benzene rings is 1. The van der Waals surface area contributed by atoms with Crippen molar-refractivity contribution in [3.05, 3.63) is 66.9 Å². The number of hydrogen-bond acceptors (Lipinski definition) is 5. The molecular weight excluding hydrogens is 381 g/mol. The summed E-state index contributed by atoms with van der Waals surface area (Å²) in [6.07, 6.45) is 3.15. The fourth-order valence-electron chi connectivity index (χ4n) is 2.60. The molecule has 2 N–H and O–H groups in total. The van der Waals surface area contributed by atoms with Gasteiger partial charge in [0, 0.05) is 5.69 Å². The number of furan rings is 2. The summed E-state index contributed by atoms with van der Waals surface area (Å²) in [7, 11) is 0. The summed E-state index contributed by atoms with van der Waals surface area (Å²) < 4.78 is 23.9. The van der Waals surface area contributed by atoms with Gasteiger partial charge in [0.25, 0.3) is 0 Å². The number of amides is 1. The molecule has 3 aromatic heterocycles. The second kappa shape index (κ2) is 7.77. The van der Waals surface area contributed by atoms with Crippen LogP contribution in [0, 0.1) is 5.82 Å². The highest BCUT2D eigenvalue weighted by Crippen LogP contribution is 2.34. The summed E-state index contributed by atoms with van der Waals surface area (Å²) >= 11 is 1.27. The number of thioether (sulfide) groups is 1. The zero-order valence-electron chi connectivity index (χ0n) is 14.8. The quantitative estimate of drug-likeness (QED) is 0.438. The van der Waals surface area contributed by atoms with Crippen LogP contribution in [0.1, 0.15) is 6.92 Å². The number of halogens is 1. The zero-order valence-corrected chi connectivity index (χ0v) is 15.6. The Bertz CT molecular complexity index is 1010. The first kappa shape index (κ1) is 18.1. The first-order chi connectivity index (χ1) is 13.6. The predicted octanol–water partition coefficient (Wildman–Crippen LogP) is 5.19. The van der Waals surface area contributed by atoms with Crippen LogP contribution in [0.15, 0.2) is 75.0 Å². The van der Waals surface area contributed by atoms with Gasteiger partial charge in [0.1, 0.15) is 17.2 Å². The SMILES string of the molecule is CC(Sc1nc(-c2ccco2)c(-c2ccco2)[nH]1)C(=O)Nc1ccc(F)cc1. The van der Waals surface area contributed by atoms with E-state index in [2.05, 4.69) is 15.3 Å². The standard InChI is InChI=1S/C20H16FN3O3S/c1-12(19(25)22-14-8-6-13(21)7-9-14)28-20-23-17(15-4-2-10-26-15)18(24-20)16-5-3-11-27-16/h2-12H,1H3,(H,22,25)(H,23,24). The summed E-state index contributed by atoms with van der Waals surface area (Å²) in [5.41, 5.74) is 1.81. The Morgan fingerprint density at radius 1 is 1.11 bits per heavy atom. The molecule has 4 rings (SSSR count). The Balaban J connectivity index is 1.53. The lowest BCUT2D eigenvalue weighted by Gasteiger charge is -2.10. The third-order valence-corrected chi connectivity index (χ3v) is 4.96. The normalized spacial score (nSPS) is 12.1. The summed E-state index contributed by atoms with van der Waals surface area (Å²) in [5.74, 6) is 0.645. The summed E-state index contributed by atoms with van der Waals surface area (Å²) in [6.45, 7) is 1.77. The molecule has 1 atom stereocenters. The minimum atomic E-state index is -0.440. The molecule has 0 saturated heterocycles. The van der Waals surface area contributed by atoms with Crippen molar-refractivity contribution < 1.29 is 18.0 Å². The minimum absolute atomic E-state index is 0.216. The Hall–Kier alpha value is -3.26. The highest BCUT2D eigenvalue weighted by molar-refractivity contribution is 8.00. The van der Waals surface area contributed by atoms with Gasteiger partial charge in [-0.05, 0) is 55.5 Å². The van der Waals surface area contributed by atoms with Crippen LogP contribution in [-0.4, -0.2) is 21.1 Å². The van der Waals surface area contributed by atoms with E-state index in [4.69, 9.17) is 8.83 Å². The molecule has 1 amide bonds. The molecule has 0 radical (unpaired) electrons. The molecule has 8 heteroatoms. The van der Waals surface area contributed by atoms with Crippen molar-refractivity contribution in [1.82, 2.24) is 9.97 Å². The summed E-state index contributed by atoms with van der Waals surface area (Å²) in [4.78, 5) is 20.2. The van der Waals surface area contributed by atoms with Crippen molar-refractivity contribution in [2.45, 2.75) is 17.3 Å². The number of nitrogens with one attached hydrogen (secondary N) is 2. The molecule has 0 saturated carbocycles. The van der Waals surface area contributed by atoms with Crippen molar-refractivity contribution in [3.63, 3.8) is 0 Å². The molecule has 0 aliphatic heterocycles. The van der Waals surface area contributed by atoms with Gasteiger partial charge in [-0.2, -0.15) is 0 Å². The second-order valence-corrected chi connectivity index (χ2v) is 7.31. The first-order valence-corrected chi connectivity index (χ1v) is 9.39. The molecule has 0 spiro atoms. The van der Waals surface area contributed by atoms with E-state index in [1.807, 2.05) is 12.1 Å². The molecule has 1 unspecified atom stereocenters. The Kier molecular flexibility index (Phi) is 5.03. The average Bonchev–Trinajstić information content (AvgIpc) is 3.44. The highest BCUT2D eigenvalue weighted by Gasteiger charge is 2.22. The number of aromatic amines is 1. The molecule has 0 fully saturated rings. The van der Waals surface area contributed by atoms with Crippen LogP contribution >= 0.6 is 11.8 Å². The predicted molar refractivity (Wildman–Crippen MR) is 104 cm³/mol. The van der Waals surface area contributed by atoms with Crippen LogP contribution in [-0.2, 0) is 4.79 Å². The lowest BCUT2D eigenvalue weighted by molar-refractivity contribution is -0.115. The number of H-pyrrole nitrogens is 1. The van der Waals surface area contributed by atoms with Gasteiger partial charge in [-0.3, -0.25) is 4.79 Å². The number of imidazole rings is 1. The van der Waals surface area contributed by atoms with Gasteiger partial charge in [-0.25, -0.2) is 9.37 Å². The molecule has 4 aromatic rings. The molecule has 142 valence electrons. The van der Waals surface area contributed by atoms with E-state index in [9.17, 15) is 9.18 Å². The summed E-state index contributed by atoms with van der Waals surface area (Å²) in [5, 5.41) is 2.88. The van der Waals surface area contributed by atoms with Gasteiger partial charge in [0.15, 0.2) is 16.7 Å². The van der Waals surface area contributed by atoms with E-state index in [0.717, 1.165) is 0 Å².